The first-order valence-corrected chi connectivity index (χ1v) is 6.02. The Hall–Kier alpha value is -1.96. The first-order valence-electron chi connectivity index (χ1n) is 6.02. The molecule has 18 heavy (non-hydrogen) atoms. The van der Waals surface area contributed by atoms with Gasteiger partial charge in [0.25, 0.3) is 0 Å². The van der Waals surface area contributed by atoms with Crippen molar-refractivity contribution in [2.24, 2.45) is 0 Å². The second-order valence-corrected chi connectivity index (χ2v) is 4.76. The number of aryl methyl sites for hydroxylation is 2. The second-order valence-electron chi connectivity index (χ2n) is 4.76. The van der Waals surface area contributed by atoms with Crippen molar-refractivity contribution >= 4 is 6.29 Å². The van der Waals surface area contributed by atoms with Crippen LogP contribution in [0, 0.1) is 27.7 Å². The molecule has 2 nitrogen and oxygen atoms in total. The van der Waals surface area contributed by atoms with Gasteiger partial charge in [0.2, 0.25) is 0 Å². The van der Waals surface area contributed by atoms with Crippen molar-refractivity contribution < 1.29 is 4.79 Å². The molecule has 0 amide bonds. The van der Waals surface area contributed by atoms with Gasteiger partial charge in [-0.15, -0.1) is 0 Å². The van der Waals surface area contributed by atoms with E-state index in [2.05, 4.69) is 38.7 Å². The average Bonchev–Trinajstić information content (AvgIpc) is 2.37. The van der Waals surface area contributed by atoms with Gasteiger partial charge < -0.3 is 0 Å². The van der Waals surface area contributed by atoms with E-state index in [1.165, 1.54) is 27.8 Å². The average molecular weight is 239 g/mol. The van der Waals surface area contributed by atoms with E-state index in [9.17, 15) is 4.79 Å². The topological polar surface area (TPSA) is 30.0 Å². The fourth-order valence-corrected chi connectivity index (χ4v) is 2.31. The predicted octanol–water partition coefficient (Wildman–Crippen LogP) is 3.79. The maximum absolute atomic E-state index is 10.9. The molecule has 1 aromatic carbocycles. The van der Waals surface area contributed by atoms with E-state index in [1.54, 1.807) is 6.20 Å². The highest BCUT2D eigenvalue weighted by molar-refractivity contribution is 5.80. The Morgan fingerprint density at radius 3 is 2.11 bits per heavy atom. The van der Waals surface area contributed by atoms with Gasteiger partial charge in [0.1, 0.15) is 0 Å². The zero-order valence-corrected chi connectivity index (χ0v) is 11.2. The number of aromatic nitrogens is 1. The summed E-state index contributed by atoms with van der Waals surface area (Å²) in [4.78, 5) is 15.0. The van der Waals surface area contributed by atoms with Crippen LogP contribution < -0.4 is 0 Å². The summed E-state index contributed by atoms with van der Waals surface area (Å²) in [6, 6.07) is 4.10. The van der Waals surface area contributed by atoms with Crippen molar-refractivity contribution in [2.45, 2.75) is 27.7 Å². The summed E-state index contributed by atoms with van der Waals surface area (Å²) in [7, 11) is 0. The number of carbonyl (C=O) groups is 1. The first kappa shape index (κ1) is 12.5. The SMILES string of the molecule is Cc1cc(C)c(C)c(-c2cncc(C=O)c2)c1C. The minimum Gasteiger partial charge on any atom is -0.298 e. The van der Waals surface area contributed by atoms with Crippen LogP contribution in [0.1, 0.15) is 32.6 Å². The lowest BCUT2D eigenvalue weighted by Crippen LogP contribution is -1.96. The van der Waals surface area contributed by atoms with E-state index in [-0.39, 0.29) is 0 Å². The molecular weight excluding hydrogens is 222 g/mol. The molecule has 92 valence electrons. The minimum absolute atomic E-state index is 0.616. The van der Waals surface area contributed by atoms with Gasteiger partial charge in [0, 0.05) is 23.5 Å². The summed E-state index contributed by atoms with van der Waals surface area (Å²) in [6.07, 6.45) is 4.24. The molecule has 0 aliphatic heterocycles. The fraction of sp³-hybridized carbons (Fsp3) is 0.250. The normalized spacial score (nSPS) is 10.4. The lowest BCUT2D eigenvalue weighted by atomic mass is 9.90. The molecule has 0 aliphatic carbocycles. The first-order chi connectivity index (χ1) is 8.54. The smallest absolute Gasteiger partial charge is 0.151 e. The molecule has 0 saturated heterocycles. The van der Waals surface area contributed by atoms with Crippen LogP contribution >= 0.6 is 0 Å². The van der Waals surface area contributed by atoms with Crippen LogP contribution in [-0.4, -0.2) is 11.3 Å². The van der Waals surface area contributed by atoms with Crippen LogP contribution in [0.3, 0.4) is 0 Å². The molecule has 0 fully saturated rings. The summed E-state index contributed by atoms with van der Waals surface area (Å²) in [5.74, 6) is 0. The zero-order chi connectivity index (χ0) is 13.3. The minimum atomic E-state index is 0.616. The van der Waals surface area contributed by atoms with Gasteiger partial charge in [0.15, 0.2) is 6.29 Å². The number of nitrogens with zero attached hydrogens (tertiary/aromatic N) is 1. The number of aldehydes is 1. The van der Waals surface area contributed by atoms with E-state index in [1.807, 2.05) is 12.3 Å². The van der Waals surface area contributed by atoms with Crippen LogP contribution in [0.15, 0.2) is 24.5 Å². The summed E-state index contributed by atoms with van der Waals surface area (Å²) >= 11 is 0. The van der Waals surface area contributed by atoms with Gasteiger partial charge >= 0.3 is 0 Å². The molecule has 0 unspecified atom stereocenters. The lowest BCUT2D eigenvalue weighted by Gasteiger charge is -2.15. The van der Waals surface area contributed by atoms with Crippen LogP contribution in [0.25, 0.3) is 11.1 Å². The molecule has 1 heterocycles. The molecule has 0 saturated carbocycles. The van der Waals surface area contributed by atoms with E-state index in [0.29, 0.717) is 5.56 Å². The van der Waals surface area contributed by atoms with E-state index >= 15 is 0 Å². The van der Waals surface area contributed by atoms with E-state index in [0.717, 1.165) is 11.8 Å². The molecule has 0 atom stereocenters. The van der Waals surface area contributed by atoms with Crippen molar-refractivity contribution in [2.75, 3.05) is 0 Å². The van der Waals surface area contributed by atoms with E-state index in [4.69, 9.17) is 0 Å². The summed E-state index contributed by atoms with van der Waals surface area (Å²) < 4.78 is 0. The van der Waals surface area contributed by atoms with Crippen molar-refractivity contribution in [3.05, 3.63) is 52.3 Å². The number of carbonyl (C=O) groups excluding carboxylic acids is 1. The fourth-order valence-electron chi connectivity index (χ4n) is 2.31. The molecule has 1 aromatic heterocycles. The Balaban J connectivity index is 2.73. The zero-order valence-electron chi connectivity index (χ0n) is 11.2. The molecule has 2 rings (SSSR count). The highest BCUT2D eigenvalue weighted by Crippen LogP contribution is 2.31. The van der Waals surface area contributed by atoms with Gasteiger partial charge in [-0.3, -0.25) is 9.78 Å². The summed E-state index contributed by atoms with van der Waals surface area (Å²) in [5.41, 5.74) is 7.87. The van der Waals surface area contributed by atoms with Gasteiger partial charge in [-0.25, -0.2) is 0 Å². The van der Waals surface area contributed by atoms with E-state index < -0.39 is 0 Å². The molecule has 0 spiro atoms. The summed E-state index contributed by atoms with van der Waals surface area (Å²) in [6.45, 7) is 8.46. The maximum atomic E-state index is 10.9. The third-order valence-electron chi connectivity index (χ3n) is 3.55. The maximum Gasteiger partial charge on any atom is 0.151 e. The number of benzene rings is 1. The van der Waals surface area contributed by atoms with Gasteiger partial charge in [-0.1, -0.05) is 6.07 Å². The van der Waals surface area contributed by atoms with Crippen LogP contribution in [0.5, 0.6) is 0 Å². The van der Waals surface area contributed by atoms with Crippen molar-refractivity contribution in [3.63, 3.8) is 0 Å². The monoisotopic (exact) mass is 239 g/mol. The third kappa shape index (κ3) is 2.06. The molecule has 2 aromatic rings. The Morgan fingerprint density at radius 1 is 0.944 bits per heavy atom. The Kier molecular flexibility index (Phi) is 3.28. The number of rotatable bonds is 2. The summed E-state index contributed by atoms with van der Waals surface area (Å²) in [5, 5.41) is 0. The molecule has 0 aliphatic rings. The van der Waals surface area contributed by atoms with Crippen molar-refractivity contribution in [3.8, 4) is 11.1 Å². The van der Waals surface area contributed by atoms with Crippen LogP contribution in [0.4, 0.5) is 0 Å². The molecule has 2 heteroatoms. The van der Waals surface area contributed by atoms with Crippen molar-refractivity contribution in [1.82, 2.24) is 4.98 Å². The predicted molar refractivity (Wildman–Crippen MR) is 74.0 cm³/mol. The Labute approximate surface area is 108 Å². The highest BCUT2D eigenvalue weighted by Gasteiger charge is 2.11. The van der Waals surface area contributed by atoms with Crippen molar-refractivity contribution in [1.29, 1.82) is 0 Å². The largest absolute Gasteiger partial charge is 0.298 e. The number of pyridine rings is 1. The Morgan fingerprint density at radius 2 is 1.56 bits per heavy atom. The second kappa shape index (κ2) is 4.73. The van der Waals surface area contributed by atoms with Gasteiger partial charge in [0.05, 0.1) is 0 Å². The molecule has 0 radical (unpaired) electrons. The lowest BCUT2D eigenvalue weighted by molar-refractivity contribution is 0.112. The van der Waals surface area contributed by atoms with Gasteiger partial charge in [-0.2, -0.15) is 0 Å². The third-order valence-corrected chi connectivity index (χ3v) is 3.55. The van der Waals surface area contributed by atoms with Crippen LogP contribution in [0.2, 0.25) is 0 Å². The Bertz CT molecular complexity index is 588. The standard InChI is InChI=1S/C16H17NO/c1-10-5-11(2)13(4)16(12(10)3)15-6-14(9-18)7-17-8-15/h5-9H,1-4H3. The molecule has 0 N–H and O–H groups in total. The number of hydrogen-bond donors (Lipinski definition) is 0. The van der Waals surface area contributed by atoms with Gasteiger partial charge in [-0.05, 0) is 61.6 Å². The number of hydrogen-bond acceptors (Lipinski definition) is 2. The quantitative estimate of drug-likeness (QED) is 0.746. The molecule has 0 bridgehead atoms. The highest BCUT2D eigenvalue weighted by atomic mass is 16.1. The van der Waals surface area contributed by atoms with Crippen LogP contribution in [-0.2, 0) is 0 Å². The molecular formula is C16H17NO.